The van der Waals surface area contributed by atoms with Crippen LogP contribution in [0.25, 0.3) is 0 Å². The Hall–Kier alpha value is -2.11. The van der Waals surface area contributed by atoms with Gasteiger partial charge >= 0.3 is 0 Å². The Morgan fingerprint density at radius 2 is 1.73 bits per heavy atom. The summed E-state index contributed by atoms with van der Waals surface area (Å²) in [5, 5.41) is 3.85. The van der Waals surface area contributed by atoms with Crippen LogP contribution in [0.15, 0.2) is 48.7 Å². The van der Waals surface area contributed by atoms with Gasteiger partial charge in [0.1, 0.15) is 5.82 Å². The van der Waals surface area contributed by atoms with Gasteiger partial charge in [-0.1, -0.05) is 17.7 Å². The van der Waals surface area contributed by atoms with E-state index in [1.807, 2.05) is 12.3 Å². The van der Waals surface area contributed by atoms with E-state index in [4.69, 9.17) is 11.6 Å². The van der Waals surface area contributed by atoms with E-state index in [0.717, 1.165) is 50.8 Å². The molecule has 5 nitrogen and oxygen atoms in total. The van der Waals surface area contributed by atoms with Crippen LogP contribution in [0.1, 0.15) is 42.5 Å². The third-order valence-corrected chi connectivity index (χ3v) is 6.74. The van der Waals surface area contributed by atoms with Crippen molar-refractivity contribution < 1.29 is 4.79 Å². The average molecular weight is 427 g/mol. The number of hydrogen-bond acceptors (Lipinski definition) is 4. The zero-order chi connectivity index (χ0) is 20.8. The topological polar surface area (TPSA) is 48.5 Å². The normalized spacial score (nSPS) is 22.6. The fraction of sp³-hybridized carbons (Fsp3) is 0.500. The molecule has 2 aromatic rings. The molecule has 0 atom stereocenters. The summed E-state index contributed by atoms with van der Waals surface area (Å²) in [5.41, 5.74) is 0.686. The Kier molecular flexibility index (Phi) is 7.24. The molecule has 1 N–H and O–H groups in total. The molecule has 1 saturated carbocycles. The molecule has 0 spiro atoms. The van der Waals surface area contributed by atoms with Crippen LogP contribution in [0.4, 0.5) is 5.82 Å². The molecule has 30 heavy (non-hydrogen) atoms. The van der Waals surface area contributed by atoms with Crippen molar-refractivity contribution in [3.63, 3.8) is 0 Å². The molecule has 2 fully saturated rings. The summed E-state index contributed by atoms with van der Waals surface area (Å²) in [6.45, 7) is 5.52. The molecule has 1 aromatic heterocycles. The number of amides is 1. The summed E-state index contributed by atoms with van der Waals surface area (Å²) in [5.74, 6) is 1.89. The summed E-state index contributed by atoms with van der Waals surface area (Å²) in [7, 11) is 0. The third-order valence-electron chi connectivity index (χ3n) is 6.49. The number of aromatic nitrogens is 1. The first kappa shape index (κ1) is 21.1. The van der Waals surface area contributed by atoms with Crippen LogP contribution in [-0.4, -0.2) is 54.6 Å². The molecular weight excluding hydrogens is 396 g/mol. The van der Waals surface area contributed by atoms with E-state index >= 15 is 0 Å². The minimum Gasteiger partial charge on any atom is -0.354 e. The van der Waals surface area contributed by atoms with E-state index in [9.17, 15) is 4.79 Å². The highest BCUT2D eigenvalue weighted by Gasteiger charge is 2.24. The smallest absolute Gasteiger partial charge is 0.251 e. The van der Waals surface area contributed by atoms with Gasteiger partial charge in [0.25, 0.3) is 5.91 Å². The van der Waals surface area contributed by atoms with Gasteiger partial charge in [-0.3, -0.25) is 9.69 Å². The predicted molar refractivity (Wildman–Crippen MR) is 122 cm³/mol. The number of halogens is 1. The molecule has 1 aliphatic carbocycles. The number of piperazine rings is 1. The van der Waals surface area contributed by atoms with Crippen LogP contribution in [0.2, 0.25) is 5.02 Å². The number of pyridine rings is 1. The second kappa shape index (κ2) is 10.3. The molecule has 0 bridgehead atoms. The lowest BCUT2D eigenvalue weighted by Gasteiger charge is -2.36. The summed E-state index contributed by atoms with van der Waals surface area (Å²) < 4.78 is 0. The monoisotopic (exact) mass is 426 g/mol. The first-order valence-electron chi connectivity index (χ1n) is 11.1. The van der Waals surface area contributed by atoms with Crippen LogP contribution < -0.4 is 10.2 Å². The summed E-state index contributed by atoms with van der Waals surface area (Å²) in [6.07, 6.45) is 7.71. The van der Waals surface area contributed by atoms with Crippen molar-refractivity contribution in [1.82, 2.24) is 15.2 Å². The maximum atomic E-state index is 12.4. The largest absolute Gasteiger partial charge is 0.354 e. The van der Waals surface area contributed by atoms with E-state index in [0.29, 0.717) is 16.6 Å². The van der Waals surface area contributed by atoms with Gasteiger partial charge in [-0.25, -0.2) is 4.98 Å². The van der Waals surface area contributed by atoms with E-state index in [1.165, 1.54) is 25.8 Å². The van der Waals surface area contributed by atoms with Crippen molar-refractivity contribution in [1.29, 1.82) is 0 Å². The number of benzene rings is 1. The van der Waals surface area contributed by atoms with Crippen molar-refractivity contribution in [3.8, 4) is 0 Å². The molecule has 2 aliphatic rings. The molecular formula is C24H31ClN4O. The number of hydrogen-bond donors (Lipinski definition) is 1. The van der Waals surface area contributed by atoms with E-state index in [1.54, 1.807) is 24.3 Å². The number of anilines is 1. The van der Waals surface area contributed by atoms with Crippen molar-refractivity contribution in [2.75, 3.05) is 37.6 Å². The first-order chi connectivity index (χ1) is 14.7. The zero-order valence-corrected chi connectivity index (χ0v) is 18.2. The minimum atomic E-state index is 0.0147. The van der Waals surface area contributed by atoms with Crippen molar-refractivity contribution >= 4 is 23.3 Å². The number of nitrogens with zero attached hydrogens (tertiary/aromatic N) is 3. The number of nitrogens with one attached hydrogen (secondary N) is 1. The van der Waals surface area contributed by atoms with Crippen LogP contribution >= 0.6 is 11.6 Å². The highest BCUT2D eigenvalue weighted by molar-refractivity contribution is 6.30. The molecule has 0 radical (unpaired) electrons. The zero-order valence-electron chi connectivity index (χ0n) is 17.5. The summed E-state index contributed by atoms with van der Waals surface area (Å²) >= 11 is 5.90. The van der Waals surface area contributed by atoms with Gasteiger partial charge in [-0.15, -0.1) is 0 Å². The molecule has 0 unspecified atom stereocenters. The molecule has 6 heteroatoms. The highest BCUT2D eigenvalue weighted by Crippen LogP contribution is 2.27. The number of carbonyl (C=O) groups excluding carboxylic acids is 1. The van der Waals surface area contributed by atoms with E-state index in [-0.39, 0.29) is 5.91 Å². The molecule has 2 heterocycles. The van der Waals surface area contributed by atoms with E-state index in [2.05, 4.69) is 32.2 Å². The van der Waals surface area contributed by atoms with Gasteiger partial charge in [-0.05, 0) is 81.0 Å². The fourth-order valence-corrected chi connectivity index (χ4v) is 4.70. The van der Waals surface area contributed by atoms with Crippen LogP contribution in [-0.2, 0) is 0 Å². The van der Waals surface area contributed by atoms with Crippen molar-refractivity contribution in [2.24, 2.45) is 5.92 Å². The van der Waals surface area contributed by atoms with Gasteiger partial charge < -0.3 is 10.2 Å². The maximum Gasteiger partial charge on any atom is 0.251 e. The molecule has 160 valence electrons. The average Bonchev–Trinajstić information content (AvgIpc) is 2.80. The molecule has 1 saturated heterocycles. The lowest BCUT2D eigenvalue weighted by Crippen LogP contribution is -2.47. The van der Waals surface area contributed by atoms with Gasteiger partial charge in [0, 0.05) is 49.0 Å². The summed E-state index contributed by atoms with van der Waals surface area (Å²) in [6, 6.07) is 13.5. The number of carbonyl (C=O) groups is 1. The second-order valence-corrected chi connectivity index (χ2v) is 8.94. The lowest BCUT2D eigenvalue weighted by molar-refractivity contribution is 0.0919. The lowest BCUT2D eigenvalue weighted by atomic mass is 9.84. The second-order valence-electron chi connectivity index (χ2n) is 8.50. The van der Waals surface area contributed by atoms with E-state index < -0.39 is 0 Å². The Bertz CT molecular complexity index is 798. The molecule has 1 aromatic carbocycles. The maximum absolute atomic E-state index is 12.4. The van der Waals surface area contributed by atoms with Gasteiger partial charge in [-0.2, -0.15) is 0 Å². The first-order valence-corrected chi connectivity index (χ1v) is 11.5. The summed E-state index contributed by atoms with van der Waals surface area (Å²) in [4.78, 5) is 21.8. The standard InChI is InChI=1S/C24H31ClN4O/c25-21-8-6-20(7-9-21)24(30)27-22-10-4-19(5-11-22)12-14-28-15-17-29(18-16-28)23-3-1-2-13-26-23/h1-3,6-9,13,19,22H,4-5,10-12,14-18H2,(H,27,30). The van der Waals surface area contributed by atoms with Crippen LogP contribution in [0.5, 0.6) is 0 Å². The quantitative estimate of drug-likeness (QED) is 0.750. The number of rotatable bonds is 6. The Morgan fingerprint density at radius 3 is 2.40 bits per heavy atom. The predicted octanol–water partition coefficient (Wildman–Crippen LogP) is 4.24. The molecule has 4 rings (SSSR count). The van der Waals surface area contributed by atoms with Crippen molar-refractivity contribution in [2.45, 2.75) is 38.1 Å². The minimum absolute atomic E-state index is 0.0147. The SMILES string of the molecule is O=C(NC1CCC(CCN2CCN(c3ccccn3)CC2)CC1)c1ccc(Cl)cc1. The Labute approximate surface area is 184 Å². The van der Waals surface area contributed by atoms with Gasteiger partial charge in [0.05, 0.1) is 0 Å². The third kappa shape index (κ3) is 5.73. The van der Waals surface area contributed by atoms with Crippen LogP contribution in [0.3, 0.4) is 0 Å². The van der Waals surface area contributed by atoms with Crippen molar-refractivity contribution in [3.05, 3.63) is 59.2 Å². The molecule has 1 amide bonds. The highest BCUT2D eigenvalue weighted by atomic mass is 35.5. The van der Waals surface area contributed by atoms with Crippen LogP contribution in [0, 0.1) is 5.92 Å². The Morgan fingerprint density at radius 1 is 1.00 bits per heavy atom. The molecule has 1 aliphatic heterocycles. The van der Waals surface area contributed by atoms with Gasteiger partial charge in [0.2, 0.25) is 0 Å². The van der Waals surface area contributed by atoms with Gasteiger partial charge in [0.15, 0.2) is 0 Å². The fourth-order valence-electron chi connectivity index (χ4n) is 4.57. The Balaban J connectivity index is 1.14.